The van der Waals surface area contributed by atoms with Gasteiger partial charge in [-0.1, -0.05) is 55.4 Å². The van der Waals surface area contributed by atoms with Crippen molar-refractivity contribution in [2.75, 3.05) is 0 Å². The Balaban J connectivity index is 0.000000190. The van der Waals surface area contributed by atoms with Crippen molar-refractivity contribution in [1.82, 2.24) is 0 Å². The minimum absolute atomic E-state index is 0.747. The summed E-state index contributed by atoms with van der Waals surface area (Å²) in [6, 6.07) is 0. The molecule has 154 valence electrons. The van der Waals surface area contributed by atoms with E-state index in [2.05, 4.69) is 55.4 Å². The Hall–Kier alpha value is 0. The van der Waals surface area contributed by atoms with E-state index in [4.69, 9.17) is 0 Å². The van der Waals surface area contributed by atoms with Crippen molar-refractivity contribution >= 4 is 0 Å². The SMILES string of the molecule is CC(C)C12CCC(C(C)C)(CC1)CC2.CC(C)C1CCC(C(C)C)CC1. The lowest BCUT2D eigenvalue weighted by Gasteiger charge is -2.57. The van der Waals surface area contributed by atoms with Crippen molar-refractivity contribution in [1.29, 1.82) is 0 Å². The molecule has 0 heteroatoms. The highest BCUT2D eigenvalue weighted by Crippen LogP contribution is 2.62. The van der Waals surface area contributed by atoms with Crippen molar-refractivity contribution in [3.05, 3.63) is 0 Å². The fraction of sp³-hybridized carbons (Fsp3) is 1.00. The molecule has 4 aliphatic carbocycles. The highest BCUT2D eigenvalue weighted by Gasteiger charge is 2.50. The Kier molecular flexibility index (Phi) is 7.72. The molecule has 4 fully saturated rings. The summed E-state index contributed by atoms with van der Waals surface area (Å²) >= 11 is 0. The molecule has 0 saturated heterocycles. The van der Waals surface area contributed by atoms with Gasteiger partial charge in [0, 0.05) is 0 Å². The van der Waals surface area contributed by atoms with Gasteiger partial charge in [0.1, 0.15) is 0 Å². The van der Waals surface area contributed by atoms with Gasteiger partial charge >= 0.3 is 0 Å². The van der Waals surface area contributed by atoms with Crippen LogP contribution in [0.4, 0.5) is 0 Å². The van der Waals surface area contributed by atoms with Gasteiger partial charge < -0.3 is 0 Å². The fourth-order valence-corrected chi connectivity index (χ4v) is 6.45. The highest BCUT2D eigenvalue weighted by molar-refractivity contribution is 5.01. The van der Waals surface area contributed by atoms with Crippen LogP contribution in [0.25, 0.3) is 0 Å². The van der Waals surface area contributed by atoms with Crippen molar-refractivity contribution in [2.45, 2.75) is 120 Å². The van der Waals surface area contributed by atoms with Gasteiger partial charge in [0.25, 0.3) is 0 Å². The molecular weight excluding hydrogens is 312 g/mol. The fourth-order valence-electron chi connectivity index (χ4n) is 6.45. The van der Waals surface area contributed by atoms with Gasteiger partial charge in [-0.15, -0.1) is 0 Å². The van der Waals surface area contributed by atoms with E-state index in [1.54, 1.807) is 0 Å². The summed E-state index contributed by atoms with van der Waals surface area (Å²) in [5, 5.41) is 0. The van der Waals surface area contributed by atoms with Crippen LogP contribution in [0.15, 0.2) is 0 Å². The Bertz CT molecular complexity index is 341. The average Bonchev–Trinajstić information content (AvgIpc) is 2.63. The lowest BCUT2D eigenvalue weighted by molar-refractivity contribution is -0.0623. The summed E-state index contributed by atoms with van der Waals surface area (Å²) in [6.45, 7) is 19.3. The van der Waals surface area contributed by atoms with Crippen LogP contribution in [0.1, 0.15) is 120 Å². The van der Waals surface area contributed by atoms with Gasteiger partial charge in [-0.3, -0.25) is 0 Å². The van der Waals surface area contributed by atoms with Crippen LogP contribution in [-0.4, -0.2) is 0 Å². The van der Waals surface area contributed by atoms with Crippen LogP contribution in [0.3, 0.4) is 0 Å². The van der Waals surface area contributed by atoms with E-state index in [-0.39, 0.29) is 0 Å². The molecule has 26 heavy (non-hydrogen) atoms. The zero-order chi connectivity index (χ0) is 19.5. The quantitative estimate of drug-likeness (QED) is 0.469. The molecule has 0 heterocycles. The molecule has 0 unspecified atom stereocenters. The van der Waals surface area contributed by atoms with Crippen molar-refractivity contribution in [3.63, 3.8) is 0 Å². The van der Waals surface area contributed by atoms with E-state index in [0.29, 0.717) is 0 Å². The third-order valence-corrected chi connectivity index (χ3v) is 9.51. The standard InChI is InChI=1S/C14H26.C12H24/c1-11(2)13-5-8-14(9-6-13,10-7-13)12(3)4;1-9(2)11-5-7-12(8-6-11)10(3)4/h11-12H,5-10H2,1-4H3;9-12H,5-8H2,1-4H3. The Morgan fingerprint density at radius 3 is 0.846 bits per heavy atom. The molecular formula is C26H50. The maximum atomic E-state index is 2.44. The van der Waals surface area contributed by atoms with E-state index < -0.39 is 0 Å². The summed E-state index contributed by atoms with van der Waals surface area (Å²) in [7, 11) is 0. The number of hydrogen-bond acceptors (Lipinski definition) is 0. The summed E-state index contributed by atoms with van der Waals surface area (Å²) in [5.74, 6) is 5.71. The molecule has 0 nitrogen and oxygen atoms in total. The van der Waals surface area contributed by atoms with Crippen LogP contribution in [0.5, 0.6) is 0 Å². The van der Waals surface area contributed by atoms with Crippen LogP contribution < -0.4 is 0 Å². The van der Waals surface area contributed by atoms with E-state index >= 15 is 0 Å². The van der Waals surface area contributed by atoms with Crippen LogP contribution in [-0.2, 0) is 0 Å². The second kappa shape index (κ2) is 9.00. The third-order valence-electron chi connectivity index (χ3n) is 9.51. The minimum atomic E-state index is 0.747. The number of hydrogen-bond donors (Lipinski definition) is 0. The van der Waals surface area contributed by atoms with Gasteiger partial charge in [-0.25, -0.2) is 0 Å². The third kappa shape index (κ3) is 4.88. The average molecular weight is 363 g/mol. The predicted molar refractivity (Wildman–Crippen MR) is 117 cm³/mol. The number of rotatable bonds is 4. The predicted octanol–water partition coefficient (Wildman–Crippen LogP) is 8.74. The highest BCUT2D eigenvalue weighted by atomic mass is 14.6. The largest absolute Gasteiger partial charge is 0.0625 e. The van der Waals surface area contributed by atoms with Crippen LogP contribution in [0.2, 0.25) is 0 Å². The lowest BCUT2D eigenvalue weighted by atomic mass is 9.48. The topological polar surface area (TPSA) is 0 Å². The van der Waals surface area contributed by atoms with E-state index in [1.807, 2.05) is 0 Å². The summed E-state index contributed by atoms with van der Waals surface area (Å²) < 4.78 is 0. The van der Waals surface area contributed by atoms with Crippen LogP contribution in [0, 0.1) is 46.3 Å². The molecule has 0 N–H and O–H groups in total. The van der Waals surface area contributed by atoms with Crippen LogP contribution >= 0.6 is 0 Å². The molecule has 0 atom stereocenters. The summed E-state index contributed by atoms with van der Waals surface area (Å²) in [5.41, 5.74) is 1.49. The first-order chi connectivity index (χ1) is 12.1. The van der Waals surface area contributed by atoms with Gasteiger partial charge in [0.2, 0.25) is 0 Å². The first kappa shape index (κ1) is 22.3. The molecule has 0 spiro atoms. The molecule has 0 aromatic rings. The van der Waals surface area contributed by atoms with E-state index in [0.717, 1.165) is 46.3 Å². The summed E-state index contributed by atoms with van der Waals surface area (Å²) in [6.07, 6.45) is 15.0. The maximum absolute atomic E-state index is 2.44. The monoisotopic (exact) mass is 362 g/mol. The van der Waals surface area contributed by atoms with Crippen molar-refractivity contribution in [2.24, 2.45) is 46.3 Å². The molecule has 0 aliphatic heterocycles. The van der Waals surface area contributed by atoms with E-state index in [9.17, 15) is 0 Å². The zero-order valence-electron chi connectivity index (χ0n) is 19.5. The molecule has 0 aromatic carbocycles. The maximum Gasteiger partial charge on any atom is -0.0274 e. The molecule has 2 bridgehead atoms. The van der Waals surface area contributed by atoms with E-state index in [1.165, 1.54) is 64.2 Å². The molecule has 4 aliphatic rings. The smallest absolute Gasteiger partial charge is 0.0274 e. The second-order valence-corrected chi connectivity index (χ2v) is 11.7. The van der Waals surface area contributed by atoms with Gasteiger partial charge in [0.15, 0.2) is 0 Å². The van der Waals surface area contributed by atoms with Gasteiger partial charge in [-0.2, -0.15) is 0 Å². The first-order valence-corrected chi connectivity index (χ1v) is 12.1. The summed E-state index contributed by atoms with van der Waals surface area (Å²) in [4.78, 5) is 0. The first-order valence-electron chi connectivity index (χ1n) is 12.1. The van der Waals surface area contributed by atoms with Crippen molar-refractivity contribution < 1.29 is 0 Å². The Labute approximate surface area is 166 Å². The molecule has 0 amide bonds. The molecule has 4 saturated carbocycles. The molecule has 0 aromatic heterocycles. The number of fused-ring (bicyclic) bond motifs is 3. The zero-order valence-corrected chi connectivity index (χ0v) is 19.5. The Morgan fingerprint density at radius 1 is 0.462 bits per heavy atom. The van der Waals surface area contributed by atoms with Gasteiger partial charge in [0.05, 0.1) is 0 Å². The molecule has 0 radical (unpaired) electrons. The normalized spacial score (nSPS) is 37.4. The lowest BCUT2D eigenvalue weighted by Crippen LogP contribution is -2.46. The van der Waals surface area contributed by atoms with Gasteiger partial charge in [-0.05, 0) is 111 Å². The molecule has 4 rings (SSSR count). The second-order valence-electron chi connectivity index (χ2n) is 11.7. The Morgan fingerprint density at radius 2 is 0.692 bits per heavy atom. The minimum Gasteiger partial charge on any atom is -0.0625 e. The van der Waals surface area contributed by atoms with Crippen molar-refractivity contribution in [3.8, 4) is 0 Å².